The van der Waals surface area contributed by atoms with Crippen LogP contribution in [0.2, 0.25) is 5.15 Å². The molecule has 0 saturated carbocycles. The Balaban J connectivity index is 2.74. The van der Waals surface area contributed by atoms with Crippen LogP contribution in [0.1, 0.15) is 5.69 Å². The summed E-state index contributed by atoms with van der Waals surface area (Å²) in [6.45, 7) is 1.70. The molecule has 0 saturated heterocycles. The number of rotatable bonds is 0. The average Bonchev–Trinajstić information content (AvgIpc) is 2.35. The molecule has 18 heavy (non-hydrogen) atoms. The second kappa shape index (κ2) is 3.71. The number of hydrogen-bond donors (Lipinski definition) is 1. The molecule has 0 spiro atoms. The van der Waals surface area contributed by atoms with Crippen molar-refractivity contribution >= 4 is 33.3 Å². The van der Waals surface area contributed by atoms with Crippen LogP contribution in [0.3, 0.4) is 0 Å². The maximum atomic E-state index is 12.1. The van der Waals surface area contributed by atoms with Gasteiger partial charge in [-0.05, 0) is 19.1 Å². The first kappa shape index (κ1) is 11.0. The smallest absolute Gasteiger partial charge is 0.293 e. The van der Waals surface area contributed by atoms with Crippen LogP contribution in [-0.4, -0.2) is 14.9 Å². The Morgan fingerprint density at radius 2 is 2.00 bits per heavy atom. The molecule has 5 heteroatoms. The van der Waals surface area contributed by atoms with E-state index >= 15 is 0 Å². The minimum atomic E-state index is -0.481. The molecule has 0 radical (unpaired) electrons. The lowest BCUT2D eigenvalue weighted by Gasteiger charge is -2.09. The summed E-state index contributed by atoms with van der Waals surface area (Å²) in [5.41, 5.74) is 0.484. The lowest BCUT2D eigenvalue weighted by Crippen LogP contribution is -2.19. The van der Waals surface area contributed by atoms with Gasteiger partial charge in [0.15, 0.2) is 0 Å². The molecular weight excluding hydrogens is 252 g/mol. The van der Waals surface area contributed by atoms with Gasteiger partial charge in [-0.1, -0.05) is 29.8 Å². The molecule has 1 N–H and O–H groups in total. The molecule has 0 unspecified atom stereocenters. The van der Waals surface area contributed by atoms with Gasteiger partial charge in [-0.3, -0.25) is 4.79 Å². The summed E-state index contributed by atoms with van der Waals surface area (Å²) in [5.74, 6) is 0. The molecule has 3 aromatic rings. The topological polar surface area (TPSA) is 55.1 Å². The van der Waals surface area contributed by atoms with Crippen LogP contribution < -0.4 is 5.56 Å². The van der Waals surface area contributed by atoms with Gasteiger partial charge >= 0.3 is 0 Å². The fraction of sp³-hybridized carbons (Fsp3) is 0.0769. The number of benzene rings is 1. The highest BCUT2D eigenvalue weighted by atomic mass is 35.5. The fourth-order valence-corrected chi connectivity index (χ4v) is 2.45. The van der Waals surface area contributed by atoms with Crippen LogP contribution in [0.15, 0.2) is 35.1 Å². The van der Waals surface area contributed by atoms with E-state index in [1.54, 1.807) is 25.1 Å². The van der Waals surface area contributed by atoms with Crippen molar-refractivity contribution in [3.05, 3.63) is 51.5 Å². The van der Waals surface area contributed by atoms with Crippen molar-refractivity contribution in [2.24, 2.45) is 0 Å². The van der Waals surface area contributed by atoms with Crippen molar-refractivity contribution in [1.82, 2.24) is 9.71 Å². The van der Waals surface area contributed by atoms with E-state index in [0.29, 0.717) is 31.9 Å². The molecule has 90 valence electrons. The van der Waals surface area contributed by atoms with Crippen LogP contribution in [0.25, 0.3) is 21.7 Å². The van der Waals surface area contributed by atoms with Gasteiger partial charge in [0.1, 0.15) is 5.15 Å². The van der Waals surface area contributed by atoms with Crippen molar-refractivity contribution in [3.8, 4) is 0 Å². The largest absolute Gasteiger partial charge is 0.425 e. The molecule has 2 heterocycles. The Morgan fingerprint density at radius 3 is 2.78 bits per heavy atom. The summed E-state index contributed by atoms with van der Waals surface area (Å²) >= 11 is 5.93. The number of hydrogen-bond acceptors (Lipinski definition) is 3. The lowest BCUT2D eigenvalue weighted by molar-refractivity contribution is 0.190. The van der Waals surface area contributed by atoms with Crippen molar-refractivity contribution in [2.45, 2.75) is 6.92 Å². The van der Waals surface area contributed by atoms with Crippen LogP contribution in [0, 0.1) is 6.92 Å². The lowest BCUT2D eigenvalue weighted by atomic mass is 10.1. The summed E-state index contributed by atoms with van der Waals surface area (Å²) in [4.78, 5) is 16.2. The zero-order valence-corrected chi connectivity index (χ0v) is 10.3. The van der Waals surface area contributed by atoms with Crippen LogP contribution in [-0.2, 0) is 0 Å². The van der Waals surface area contributed by atoms with E-state index in [1.807, 2.05) is 12.1 Å². The molecule has 0 aliphatic heterocycles. The van der Waals surface area contributed by atoms with E-state index in [4.69, 9.17) is 11.6 Å². The number of aromatic nitrogens is 2. The number of nitrogens with zero attached hydrogens (tertiary/aromatic N) is 2. The van der Waals surface area contributed by atoms with Gasteiger partial charge in [0, 0.05) is 10.8 Å². The number of aryl methyl sites for hydroxylation is 1. The minimum absolute atomic E-state index is 0.334. The summed E-state index contributed by atoms with van der Waals surface area (Å²) in [5, 5.41) is 12.1. The number of para-hydroxylation sites is 1. The van der Waals surface area contributed by atoms with Crippen molar-refractivity contribution in [1.29, 1.82) is 0 Å². The zero-order chi connectivity index (χ0) is 12.9. The minimum Gasteiger partial charge on any atom is -0.425 e. The first-order valence-electron chi connectivity index (χ1n) is 5.39. The Kier molecular flexibility index (Phi) is 2.28. The first-order chi connectivity index (χ1) is 8.59. The second-order valence-electron chi connectivity index (χ2n) is 4.09. The molecule has 1 aromatic carbocycles. The molecule has 0 atom stereocenters. The molecule has 3 rings (SSSR count). The van der Waals surface area contributed by atoms with Crippen molar-refractivity contribution in [2.75, 3.05) is 0 Å². The van der Waals surface area contributed by atoms with E-state index in [1.165, 1.54) is 0 Å². The quantitative estimate of drug-likeness (QED) is 0.384. The monoisotopic (exact) mass is 260 g/mol. The van der Waals surface area contributed by atoms with E-state index < -0.39 is 5.56 Å². The normalized spacial score (nSPS) is 11.2. The third-order valence-corrected chi connectivity index (χ3v) is 3.19. The molecule has 2 aromatic heterocycles. The van der Waals surface area contributed by atoms with Crippen molar-refractivity contribution < 1.29 is 5.21 Å². The zero-order valence-electron chi connectivity index (χ0n) is 9.51. The van der Waals surface area contributed by atoms with Gasteiger partial charge in [0.2, 0.25) is 0 Å². The van der Waals surface area contributed by atoms with Gasteiger partial charge in [0.05, 0.1) is 16.6 Å². The molecule has 0 aliphatic carbocycles. The Labute approximate surface area is 107 Å². The van der Waals surface area contributed by atoms with Gasteiger partial charge in [0.25, 0.3) is 5.56 Å². The molecule has 0 amide bonds. The first-order valence-corrected chi connectivity index (χ1v) is 5.77. The Hall–Kier alpha value is -2.07. The molecule has 0 bridgehead atoms. The van der Waals surface area contributed by atoms with E-state index in [0.717, 1.165) is 5.39 Å². The van der Waals surface area contributed by atoms with E-state index in [2.05, 4.69) is 4.98 Å². The van der Waals surface area contributed by atoms with E-state index in [9.17, 15) is 10.0 Å². The maximum absolute atomic E-state index is 12.1. The Bertz CT molecular complexity index is 840. The predicted octanol–water partition coefficient (Wildman–Crippen LogP) is 2.75. The summed E-state index contributed by atoms with van der Waals surface area (Å²) in [6.07, 6.45) is 0. The third kappa shape index (κ3) is 1.39. The fourth-order valence-electron chi connectivity index (χ4n) is 2.22. The molecule has 0 fully saturated rings. The van der Waals surface area contributed by atoms with Crippen LogP contribution >= 0.6 is 11.6 Å². The van der Waals surface area contributed by atoms with Crippen molar-refractivity contribution in [3.63, 3.8) is 0 Å². The molecular formula is C13H9ClN2O2. The van der Waals surface area contributed by atoms with Gasteiger partial charge < -0.3 is 5.21 Å². The standard InChI is InChI=1S/C13H9ClN2O2/c1-7-12-9(6-11(14)15-7)8-4-2-3-5-10(8)16(18)13(12)17/h2-6,18H,1H3. The maximum Gasteiger partial charge on any atom is 0.293 e. The van der Waals surface area contributed by atoms with Gasteiger partial charge in [-0.15, -0.1) is 4.73 Å². The number of pyridine rings is 2. The SMILES string of the molecule is Cc1nc(Cl)cc2c1c(=O)n(O)c1ccccc21. The summed E-state index contributed by atoms with van der Waals surface area (Å²) < 4.78 is 0.653. The van der Waals surface area contributed by atoms with Crippen LogP contribution in [0.5, 0.6) is 0 Å². The summed E-state index contributed by atoms with van der Waals surface area (Å²) in [7, 11) is 0. The predicted molar refractivity (Wildman–Crippen MR) is 70.4 cm³/mol. The van der Waals surface area contributed by atoms with E-state index in [-0.39, 0.29) is 0 Å². The highest BCUT2D eigenvalue weighted by Crippen LogP contribution is 2.25. The number of halogens is 1. The van der Waals surface area contributed by atoms with Gasteiger partial charge in [-0.2, -0.15) is 0 Å². The average molecular weight is 261 g/mol. The second-order valence-corrected chi connectivity index (χ2v) is 4.47. The van der Waals surface area contributed by atoms with Gasteiger partial charge in [-0.25, -0.2) is 4.98 Å². The highest BCUT2D eigenvalue weighted by Gasteiger charge is 2.13. The third-order valence-electron chi connectivity index (χ3n) is 3.00. The molecule has 4 nitrogen and oxygen atoms in total. The Morgan fingerprint density at radius 1 is 1.28 bits per heavy atom. The summed E-state index contributed by atoms with van der Waals surface area (Å²) in [6, 6.07) is 8.76. The molecule has 0 aliphatic rings. The van der Waals surface area contributed by atoms with Crippen LogP contribution in [0.4, 0.5) is 0 Å². The highest BCUT2D eigenvalue weighted by molar-refractivity contribution is 6.30. The number of fused-ring (bicyclic) bond motifs is 3.